The van der Waals surface area contributed by atoms with Crippen molar-refractivity contribution in [2.24, 2.45) is 5.73 Å². The zero-order valence-corrected chi connectivity index (χ0v) is 15.1. The van der Waals surface area contributed by atoms with Gasteiger partial charge in [0.05, 0.1) is 11.4 Å². The van der Waals surface area contributed by atoms with Crippen LogP contribution in [0.1, 0.15) is 23.6 Å². The van der Waals surface area contributed by atoms with Gasteiger partial charge < -0.3 is 15.8 Å². The number of carbonyl (C=O) groups excluding carboxylic acids is 2. The van der Waals surface area contributed by atoms with Gasteiger partial charge in [-0.25, -0.2) is 13.8 Å². The lowest BCUT2D eigenvalue weighted by Crippen LogP contribution is -2.25. The maximum atomic E-state index is 13.6. The Morgan fingerprint density at radius 1 is 1.21 bits per heavy atom. The molecule has 1 atom stereocenters. The van der Waals surface area contributed by atoms with Crippen molar-refractivity contribution in [3.05, 3.63) is 71.7 Å². The number of nitrogens with one attached hydrogen (secondary N) is 1. The smallest absolute Gasteiger partial charge is 0.255 e. The maximum Gasteiger partial charge on any atom is 0.255 e. The molecule has 0 radical (unpaired) electrons. The minimum Gasteiger partial charge on any atom is -0.484 e. The Balaban J connectivity index is 1.68. The van der Waals surface area contributed by atoms with E-state index in [1.54, 1.807) is 24.3 Å². The van der Waals surface area contributed by atoms with Gasteiger partial charge in [0, 0.05) is 18.4 Å². The van der Waals surface area contributed by atoms with Gasteiger partial charge in [0.1, 0.15) is 29.5 Å². The van der Waals surface area contributed by atoms with Crippen LogP contribution < -0.4 is 15.8 Å². The first-order valence-electron chi connectivity index (χ1n) is 8.75. The molecule has 2 aromatic carbocycles. The van der Waals surface area contributed by atoms with Crippen molar-refractivity contribution >= 4 is 17.6 Å². The molecule has 0 fully saturated rings. The normalized spacial score (nSPS) is 15.5. The molecular weight excluding hydrogens is 382 g/mol. The van der Waals surface area contributed by atoms with E-state index in [0.717, 1.165) is 23.8 Å². The van der Waals surface area contributed by atoms with Crippen LogP contribution in [-0.2, 0) is 9.59 Å². The molecule has 7 nitrogen and oxygen atoms in total. The first-order valence-corrected chi connectivity index (χ1v) is 8.75. The zero-order chi connectivity index (χ0) is 20.5. The van der Waals surface area contributed by atoms with Gasteiger partial charge in [-0.05, 0) is 29.8 Å². The van der Waals surface area contributed by atoms with E-state index in [-0.39, 0.29) is 30.5 Å². The molecule has 3 aromatic rings. The molecule has 1 aliphatic rings. The van der Waals surface area contributed by atoms with Crippen LogP contribution in [0.15, 0.2) is 48.8 Å². The van der Waals surface area contributed by atoms with E-state index in [1.807, 2.05) is 0 Å². The molecule has 0 saturated heterocycles. The van der Waals surface area contributed by atoms with Crippen LogP contribution >= 0.6 is 0 Å². The number of amides is 2. The number of primary amides is 1. The number of hydrogen-bond acceptors (Lipinski definition) is 4. The number of fused-ring (bicyclic) bond motifs is 1. The second kappa shape index (κ2) is 7.34. The summed E-state index contributed by atoms with van der Waals surface area (Å²) in [6, 6.07) is 9.97. The Labute approximate surface area is 164 Å². The number of aromatic nitrogens is 2. The Hall–Kier alpha value is -3.75. The number of nitrogens with zero attached hydrogens (tertiary/aromatic N) is 2. The zero-order valence-electron chi connectivity index (χ0n) is 15.1. The molecule has 0 bridgehead atoms. The average molecular weight is 398 g/mol. The van der Waals surface area contributed by atoms with Gasteiger partial charge in [-0.15, -0.1) is 0 Å². The first kappa shape index (κ1) is 18.6. The van der Waals surface area contributed by atoms with Crippen molar-refractivity contribution in [2.75, 3.05) is 11.9 Å². The van der Waals surface area contributed by atoms with Crippen LogP contribution in [0.2, 0.25) is 0 Å². The Kier molecular flexibility index (Phi) is 4.71. The van der Waals surface area contributed by atoms with Gasteiger partial charge >= 0.3 is 0 Å². The largest absolute Gasteiger partial charge is 0.484 e. The fourth-order valence-corrected chi connectivity index (χ4v) is 3.31. The van der Waals surface area contributed by atoms with Crippen molar-refractivity contribution < 1.29 is 23.1 Å². The lowest BCUT2D eigenvalue weighted by molar-refractivity contribution is -0.120. The summed E-state index contributed by atoms with van der Waals surface area (Å²) in [4.78, 5) is 27.5. The highest BCUT2D eigenvalue weighted by atomic mass is 19.1. The highest BCUT2D eigenvalue weighted by Gasteiger charge is 2.31. The summed E-state index contributed by atoms with van der Waals surface area (Å²) in [5.41, 5.74) is 6.67. The van der Waals surface area contributed by atoms with E-state index in [0.29, 0.717) is 17.3 Å². The van der Waals surface area contributed by atoms with Gasteiger partial charge in [0.15, 0.2) is 6.61 Å². The molecule has 1 unspecified atom stereocenters. The predicted molar refractivity (Wildman–Crippen MR) is 99.7 cm³/mol. The fourth-order valence-electron chi connectivity index (χ4n) is 3.31. The van der Waals surface area contributed by atoms with Crippen LogP contribution in [0, 0.1) is 11.6 Å². The third-order valence-electron chi connectivity index (χ3n) is 4.56. The number of benzene rings is 2. The highest BCUT2D eigenvalue weighted by Crippen LogP contribution is 2.37. The molecule has 9 heteroatoms. The minimum absolute atomic E-state index is 0.170. The van der Waals surface area contributed by atoms with Crippen molar-refractivity contribution in [3.8, 4) is 11.4 Å². The molecule has 4 rings (SSSR count). The van der Waals surface area contributed by atoms with E-state index in [4.69, 9.17) is 10.5 Å². The molecule has 3 N–H and O–H groups in total. The molecule has 29 heavy (non-hydrogen) atoms. The van der Waals surface area contributed by atoms with E-state index >= 15 is 0 Å². The number of anilines is 1. The second-order valence-corrected chi connectivity index (χ2v) is 6.60. The van der Waals surface area contributed by atoms with Gasteiger partial charge in [-0.2, -0.15) is 0 Å². The van der Waals surface area contributed by atoms with Gasteiger partial charge in [0.25, 0.3) is 5.91 Å². The number of halogens is 2. The molecule has 2 heterocycles. The van der Waals surface area contributed by atoms with E-state index in [1.165, 1.54) is 10.9 Å². The number of hydrogen-bond donors (Lipinski definition) is 2. The number of carbonyl (C=O) groups is 2. The number of nitrogens with two attached hydrogens (primary N) is 1. The summed E-state index contributed by atoms with van der Waals surface area (Å²) in [6.45, 7) is -0.232. The van der Waals surface area contributed by atoms with Crippen LogP contribution in [0.3, 0.4) is 0 Å². The molecular formula is C20H16F2N4O3. The Bertz CT molecular complexity index is 1080. The summed E-state index contributed by atoms with van der Waals surface area (Å²) in [5.74, 6) is -1.79. The van der Waals surface area contributed by atoms with Crippen LogP contribution in [0.25, 0.3) is 5.69 Å². The standard InChI is InChI=1S/C20H16F2N4O3/c21-12-5-13(22)7-14(6-12)26-10-24-19-16(8-18(28)25-20(19)26)11-1-3-15(4-2-11)29-9-17(23)27/h1-7,10,16H,8-9H2,(H2,23,27)(H,25,28). The molecule has 0 saturated carbocycles. The first-order chi connectivity index (χ1) is 13.9. The fraction of sp³-hybridized carbons (Fsp3) is 0.150. The second-order valence-electron chi connectivity index (χ2n) is 6.60. The molecule has 0 spiro atoms. The number of rotatable bonds is 5. The summed E-state index contributed by atoms with van der Waals surface area (Å²) in [6.07, 6.45) is 1.59. The van der Waals surface area contributed by atoms with Gasteiger partial charge in [-0.3, -0.25) is 14.2 Å². The predicted octanol–water partition coefficient (Wildman–Crippen LogP) is 2.49. The molecule has 1 aromatic heterocycles. The van der Waals surface area contributed by atoms with Crippen molar-refractivity contribution in [2.45, 2.75) is 12.3 Å². The van der Waals surface area contributed by atoms with E-state index in [9.17, 15) is 18.4 Å². The maximum absolute atomic E-state index is 13.6. The van der Waals surface area contributed by atoms with Gasteiger partial charge in [0.2, 0.25) is 5.91 Å². The van der Waals surface area contributed by atoms with Crippen LogP contribution in [-0.4, -0.2) is 28.0 Å². The molecule has 1 aliphatic heterocycles. The Morgan fingerprint density at radius 2 is 1.90 bits per heavy atom. The molecule has 0 aliphatic carbocycles. The van der Waals surface area contributed by atoms with Crippen LogP contribution in [0.4, 0.5) is 14.6 Å². The third-order valence-corrected chi connectivity index (χ3v) is 4.56. The van der Waals surface area contributed by atoms with E-state index in [2.05, 4.69) is 10.3 Å². The lowest BCUT2D eigenvalue weighted by atomic mass is 9.90. The quantitative estimate of drug-likeness (QED) is 0.690. The van der Waals surface area contributed by atoms with Crippen LogP contribution in [0.5, 0.6) is 5.75 Å². The molecule has 2 amide bonds. The lowest BCUT2D eigenvalue weighted by Gasteiger charge is -2.23. The van der Waals surface area contributed by atoms with Gasteiger partial charge in [-0.1, -0.05) is 12.1 Å². The summed E-state index contributed by atoms with van der Waals surface area (Å²) in [5, 5.41) is 2.73. The van der Waals surface area contributed by atoms with E-state index < -0.39 is 17.5 Å². The highest BCUT2D eigenvalue weighted by molar-refractivity contribution is 5.94. The SMILES string of the molecule is NC(=O)COc1ccc(C2CC(=O)Nc3c2ncn3-c2cc(F)cc(F)c2)cc1. The van der Waals surface area contributed by atoms with Crippen molar-refractivity contribution in [1.82, 2.24) is 9.55 Å². The monoisotopic (exact) mass is 398 g/mol. The summed E-state index contributed by atoms with van der Waals surface area (Å²) < 4.78 is 33.9. The Morgan fingerprint density at radius 3 is 2.55 bits per heavy atom. The molecule has 148 valence electrons. The minimum atomic E-state index is -0.729. The third kappa shape index (κ3) is 3.79. The number of imidazole rings is 1. The summed E-state index contributed by atoms with van der Waals surface area (Å²) >= 11 is 0. The topological polar surface area (TPSA) is 99.2 Å². The average Bonchev–Trinajstić information content (AvgIpc) is 3.09. The van der Waals surface area contributed by atoms with Crippen molar-refractivity contribution in [1.29, 1.82) is 0 Å². The van der Waals surface area contributed by atoms with Crippen molar-refractivity contribution in [3.63, 3.8) is 0 Å². The summed E-state index contributed by atoms with van der Waals surface area (Å²) in [7, 11) is 0. The number of ether oxygens (including phenoxy) is 1.